The van der Waals surface area contributed by atoms with Crippen LogP contribution in [0.5, 0.6) is 0 Å². The summed E-state index contributed by atoms with van der Waals surface area (Å²) >= 11 is 0. The van der Waals surface area contributed by atoms with Crippen LogP contribution in [0.1, 0.15) is 44.1 Å². The highest BCUT2D eigenvalue weighted by atomic mass is 15.1. The molecule has 4 aliphatic carbocycles. The van der Waals surface area contributed by atoms with Crippen LogP contribution >= 0.6 is 0 Å². The van der Waals surface area contributed by atoms with Crippen LogP contribution in [0, 0.1) is 17.8 Å². The predicted octanol–water partition coefficient (Wildman–Crippen LogP) is 11.0. The zero-order valence-electron chi connectivity index (χ0n) is 23.6. The van der Waals surface area contributed by atoms with Gasteiger partial charge in [-0.15, -0.1) is 0 Å². The van der Waals surface area contributed by atoms with E-state index in [0.717, 1.165) is 17.8 Å². The summed E-state index contributed by atoms with van der Waals surface area (Å²) in [5, 5.41) is 0. The lowest BCUT2D eigenvalue weighted by Crippen LogP contribution is -2.48. The van der Waals surface area contributed by atoms with E-state index in [9.17, 15) is 0 Å². The summed E-state index contributed by atoms with van der Waals surface area (Å²) in [4.78, 5) is 2.41. The first-order valence-corrected chi connectivity index (χ1v) is 15.4. The molecular weight excluding hydrogens is 494 g/mol. The van der Waals surface area contributed by atoms with E-state index in [-0.39, 0.29) is 0 Å². The minimum Gasteiger partial charge on any atom is -0.311 e. The summed E-state index contributed by atoms with van der Waals surface area (Å²) in [5.74, 6) is 2.89. The third-order valence-corrected chi connectivity index (χ3v) is 10.2. The molecular formula is C40H37N. The SMILES string of the molecule is c1ccc(-c2ccc(N(c3ccc(-c4ccccc4)cc3)c3ccc(C45CC6CC(CC(C6)C4)C5)cc3)cc2)cc1. The fraction of sp³-hybridized carbons (Fsp3) is 0.250. The number of hydrogen-bond donors (Lipinski definition) is 0. The van der Waals surface area contributed by atoms with Crippen molar-refractivity contribution in [3.8, 4) is 22.3 Å². The Labute approximate surface area is 244 Å². The van der Waals surface area contributed by atoms with E-state index >= 15 is 0 Å². The molecule has 0 radical (unpaired) electrons. The molecule has 9 rings (SSSR count). The molecule has 0 aliphatic heterocycles. The largest absolute Gasteiger partial charge is 0.311 e. The van der Waals surface area contributed by atoms with E-state index in [2.05, 4.69) is 138 Å². The molecule has 5 aromatic carbocycles. The Kier molecular flexibility index (Phi) is 6.06. The number of anilines is 3. The van der Waals surface area contributed by atoms with Crippen LogP contribution in [-0.4, -0.2) is 0 Å². The lowest BCUT2D eigenvalue weighted by atomic mass is 9.48. The van der Waals surface area contributed by atoms with Crippen molar-refractivity contribution in [1.29, 1.82) is 0 Å². The molecule has 0 aromatic heterocycles. The lowest BCUT2D eigenvalue weighted by Gasteiger charge is -2.57. The van der Waals surface area contributed by atoms with Crippen LogP contribution in [0.2, 0.25) is 0 Å². The average molecular weight is 532 g/mol. The molecule has 0 spiro atoms. The highest BCUT2D eigenvalue weighted by Crippen LogP contribution is 2.60. The van der Waals surface area contributed by atoms with Crippen LogP contribution < -0.4 is 4.90 Å². The van der Waals surface area contributed by atoms with Crippen molar-refractivity contribution in [1.82, 2.24) is 0 Å². The minimum absolute atomic E-state index is 0.423. The van der Waals surface area contributed by atoms with E-state index < -0.39 is 0 Å². The quantitative estimate of drug-likeness (QED) is 0.211. The topological polar surface area (TPSA) is 3.24 Å². The summed E-state index contributed by atoms with van der Waals surface area (Å²) in [7, 11) is 0. The van der Waals surface area contributed by atoms with Crippen LogP contribution in [0.3, 0.4) is 0 Å². The smallest absolute Gasteiger partial charge is 0.0462 e. The minimum atomic E-state index is 0.423. The third-order valence-electron chi connectivity index (χ3n) is 10.2. The van der Waals surface area contributed by atoms with Gasteiger partial charge in [0.05, 0.1) is 0 Å². The fourth-order valence-corrected chi connectivity index (χ4v) is 8.74. The van der Waals surface area contributed by atoms with Gasteiger partial charge >= 0.3 is 0 Å². The van der Waals surface area contributed by atoms with Gasteiger partial charge in [0.1, 0.15) is 0 Å². The zero-order valence-corrected chi connectivity index (χ0v) is 23.6. The first-order chi connectivity index (χ1) is 20.2. The third kappa shape index (κ3) is 4.58. The van der Waals surface area contributed by atoms with Crippen LogP contribution in [0.4, 0.5) is 17.1 Å². The first-order valence-electron chi connectivity index (χ1n) is 15.4. The Balaban J connectivity index is 1.15. The number of nitrogens with zero attached hydrogens (tertiary/aromatic N) is 1. The number of hydrogen-bond acceptors (Lipinski definition) is 1. The van der Waals surface area contributed by atoms with Gasteiger partial charge in [0.2, 0.25) is 0 Å². The van der Waals surface area contributed by atoms with Gasteiger partial charge in [-0.3, -0.25) is 0 Å². The summed E-state index contributed by atoms with van der Waals surface area (Å²) in [6, 6.07) is 49.0. The lowest BCUT2D eigenvalue weighted by molar-refractivity contribution is -0.00518. The van der Waals surface area contributed by atoms with E-state index in [0.29, 0.717) is 5.41 Å². The van der Waals surface area contributed by atoms with Gasteiger partial charge in [-0.25, -0.2) is 0 Å². The molecule has 0 N–H and O–H groups in total. The molecule has 1 nitrogen and oxygen atoms in total. The van der Waals surface area contributed by atoms with Gasteiger partial charge in [-0.05, 0) is 126 Å². The Morgan fingerprint density at radius 1 is 0.390 bits per heavy atom. The molecule has 1 heteroatoms. The number of benzene rings is 5. The molecule has 0 saturated heterocycles. The van der Waals surface area contributed by atoms with Crippen molar-refractivity contribution < 1.29 is 0 Å². The van der Waals surface area contributed by atoms with Gasteiger partial charge in [0.15, 0.2) is 0 Å². The second-order valence-electron chi connectivity index (χ2n) is 12.9. The van der Waals surface area contributed by atoms with Crippen molar-refractivity contribution >= 4 is 17.1 Å². The summed E-state index contributed by atoms with van der Waals surface area (Å²) in [5.41, 5.74) is 10.6. The predicted molar refractivity (Wildman–Crippen MR) is 172 cm³/mol. The monoisotopic (exact) mass is 531 g/mol. The standard InChI is InChI=1S/C40H37N/c1-3-7-32(8-4-1)34-11-17-37(18-12-34)41(38-19-13-35(14-20-38)33-9-5-2-6-10-33)39-21-15-36(16-22-39)40-26-29-23-30(27-40)25-31(24-29)28-40/h1-22,29-31H,23-28H2. The van der Waals surface area contributed by atoms with E-state index in [1.54, 1.807) is 5.56 Å². The second kappa shape index (κ2) is 10.1. The molecule has 0 heterocycles. The molecule has 4 fully saturated rings. The Hall–Kier alpha value is -4.10. The Morgan fingerprint density at radius 3 is 1.12 bits per heavy atom. The van der Waals surface area contributed by atoms with Crippen LogP contribution in [-0.2, 0) is 5.41 Å². The second-order valence-corrected chi connectivity index (χ2v) is 12.9. The van der Waals surface area contributed by atoms with E-state index in [1.807, 2.05) is 0 Å². The highest BCUT2D eigenvalue weighted by Gasteiger charge is 2.51. The molecule has 41 heavy (non-hydrogen) atoms. The Morgan fingerprint density at radius 2 is 0.732 bits per heavy atom. The molecule has 0 amide bonds. The molecule has 0 atom stereocenters. The highest BCUT2D eigenvalue weighted by molar-refractivity contribution is 5.80. The fourth-order valence-electron chi connectivity index (χ4n) is 8.74. The van der Waals surface area contributed by atoms with Crippen molar-refractivity contribution in [3.05, 3.63) is 139 Å². The first kappa shape index (κ1) is 24.7. The summed E-state index contributed by atoms with van der Waals surface area (Å²) < 4.78 is 0. The van der Waals surface area contributed by atoms with E-state index in [1.165, 1.54) is 77.8 Å². The summed E-state index contributed by atoms with van der Waals surface area (Å²) in [6.45, 7) is 0. The van der Waals surface area contributed by atoms with Crippen LogP contribution in [0.15, 0.2) is 133 Å². The van der Waals surface area contributed by atoms with Crippen LogP contribution in [0.25, 0.3) is 22.3 Å². The van der Waals surface area contributed by atoms with Gasteiger partial charge < -0.3 is 4.90 Å². The average Bonchev–Trinajstić information content (AvgIpc) is 3.02. The van der Waals surface area contributed by atoms with Crippen molar-refractivity contribution in [2.45, 2.75) is 43.9 Å². The van der Waals surface area contributed by atoms with Crippen molar-refractivity contribution in [3.63, 3.8) is 0 Å². The maximum atomic E-state index is 2.46. The van der Waals surface area contributed by atoms with Crippen molar-refractivity contribution in [2.75, 3.05) is 4.90 Å². The molecule has 202 valence electrons. The normalized spacial score (nSPS) is 24.3. The zero-order chi connectivity index (χ0) is 27.2. The maximum Gasteiger partial charge on any atom is 0.0462 e. The Bertz CT molecular complexity index is 1500. The van der Waals surface area contributed by atoms with Gasteiger partial charge in [-0.1, -0.05) is 97.1 Å². The molecule has 4 bridgehead atoms. The molecule has 4 aliphatic rings. The summed E-state index contributed by atoms with van der Waals surface area (Å²) in [6.07, 6.45) is 8.69. The van der Waals surface area contributed by atoms with Gasteiger partial charge in [0, 0.05) is 17.1 Å². The maximum absolute atomic E-state index is 2.46. The van der Waals surface area contributed by atoms with Crippen molar-refractivity contribution in [2.24, 2.45) is 17.8 Å². The molecule has 4 saturated carbocycles. The molecule has 0 unspecified atom stereocenters. The van der Waals surface area contributed by atoms with E-state index in [4.69, 9.17) is 0 Å². The molecule has 5 aromatic rings. The van der Waals surface area contributed by atoms with Gasteiger partial charge in [-0.2, -0.15) is 0 Å². The van der Waals surface area contributed by atoms with Gasteiger partial charge in [0.25, 0.3) is 0 Å². The number of rotatable bonds is 6.